The van der Waals surface area contributed by atoms with Crippen LogP contribution in [0.15, 0.2) is 18.2 Å². The van der Waals surface area contributed by atoms with E-state index in [0.717, 1.165) is 0 Å². The topological polar surface area (TPSA) is 113 Å². The van der Waals surface area contributed by atoms with Crippen molar-refractivity contribution in [2.45, 2.75) is 25.0 Å². The molecule has 2 N–H and O–H groups in total. The number of halogens is 1. The Bertz CT molecular complexity index is 597. The summed E-state index contributed by atoms with van der Waals surface area (Å²) in [6.07, 6.45) is -0.316. The van der Waals surface area contributed by atoms with Crippen LogP contribution in [-0.4, -0.2) is 57.8 Å². The summed E-state index contributed by atoms with van der Waals surface area (Å²) in [5.74, 6) is -0.246. The first-order chi connectivity index (χ1) is 10.9. The second kappa shape index (κ2) is 7.58. The van der Waals surface area contributed by atoms with E-state index in [0.29, 0.717) is 6.42 Å². The number of carbonyl (C=O) groups excluding carboxylic acids is 1. The highest BCUT2D eigenvalue weighted by Gasteiger charge is 2.33. The largest absolute Gasteiger partial charge is 0.486 e. The molecule has 9 heteroatoms. The van der Waals surface area contributed by atoms with Crippen LogP contribution in [0.5, 0.6) is 5.75 Å². The zero-order chi connectivity index (χ0) is 17.0. The van der Waals surface area contributed by atoms with Gasteiger partial charge in [-0.1, -0.05) is 11.6 Å². The van der Waals surface area contributed by atoms with Crippen molar-refractivity contribution in [1.29, 1.82) is 0 Å². The Hall–Kier alpha value is -1.90. The summed E-state index contributed by atoms with van der Waals surface area (Å²) in [4.78, 5) is 23.8. The lowest BCUT2D eigenvalue weighted by atomic mass is 10.2. The summed E-state index contributed by atoms with van der Waals surface area (Å²) in [6, 6.07) is 3.62. The molecule has 0 radical (unpaired) electrons. The van der Waals surface area contributed by atoms with Crippen LogP contribution in [0.1, 0.15) is 12.8 Å². The molecule has 126 valence electrons. The maximum Gasteiger partial charge on any atom is 0.312 e. The molecule has 1 amide bonds. The van der Waals surface area contributed by atoms with Gasteiger partial charge >= 0.3 is 5.69 Å². The van der Waals surface area contributed by atoms with Crippen LogP contribution in [0.3, 0.4) is 0 Å². The first-order valence-electron chi connectivity index (χ1n) is 7.07. The van der Waals surface area contributed by atoms with Gasteiger partial charge in [0.15, 0.2) is 5.75 Å². The molecule has 1 aromatic rings. The number of amides is 1. The van der Waals surface area contributed by atoms with Gasteiger partial charge in [-0.05, 0) is 18.6 Å². The van der Waals surface area contributed by atoms with Crippen LogP contribution in [-0.2, 0) is 4.79 Å². The number of nitrogens with zero attached hydrogens (tertiary/aromatic N) is 2. The molecule has 0 aromatic heterocycles. The molecule has 23 heavy (non-hydrogen) atoms. The van der Waals surface area contributed by atoms with Crippen LogP contribution < -0.4 is 4.74 Å². The number of hydrogen-bond acceptors (Lipinski definition) is 6. The fraction of sp³-hybridized carbons (Fsp3) is 0.500. The molecule has 2 atom stereocenters. The number of likely N-dealkylation sites (tertiary alicyclic amines) is 1. The third kappa shape index (κ3) is 4.31. The number of rotatable bonds is 6. The summed E-state index contributed by atoms with van der Waals surface area (Å²) >= 11 is 5.71. The van der Waals surface area contributed by atoms with Crippen LogP contribution >= 0.6 is 11.6 Å². The summed E-state index contributed by atoms with van der Waals surface area (Å²) in [5, 5.41) is 29.9. The van der Waals surface area contributed by atoms with Crippen molar-refractivity contribution in [3.8, 4) is 5.75 Å². The van der Waals surface area contributed by atoms with Gasteiger partial charge in [0.2, 0.25) is 5.91 Å². The van der Waals surface area contributed by atoms with Gasteiger partial charge in [-0.15, -0.1) is 0 Å². The second-order valence-electron chi connectivity index (χ2n) is 5.24. The molecule has 0 aliphatic carbocycles. The number of β-amino-alcohol motifs (C(OH)–C–C–N with tert-alkyl or cyclic N) is 1. The molecule has 8 nitrogen and oxygen atoms in total. The lowest BCUT2D eigenvalue weighted by Gasteiger charge is -2.22. The molecule has 0 saturated carbocycles. The summed E-state index contributed by atoms with van der Waals surface area (Å²) < 4.78 is 5.31. The van der Waals surface area contributed by atoms with Crippen molar-refractivity contribution >= 4 is 23.2 Å². The molecule has 0 unspecified atom stereocenters. The Morgan fingerprint density at radius 2 is 2.26 bits per heavy atom. The van der Waals surface area contributed by atoms with Crippen molar-refractivity contribution in [3.05, 3.63) is 33.3 Å². The maximum atomic E-state index is 12.1. The summed E-state index contributed by atoms with van der Waals surface area (Å²) in [7, 11) is 0. The quantitative estimate of drug-likeness (QED) is 0.587. The monoisotopic (exact) mass is 344 g/mol. The number of nitro groups is 1. The molecule has 1 aromatic carbocycles. The normalized spacial score (nSPS) is 20.6. The smallest absolute Gasteiger partial charge is 0.312 e. The number of hydrogen-bond donors (Lipinski definition) is 2. The van der Waals surface area contributed by atoms with Crippen LogP contribution in [0.25, 0.3) is 0 Å². The van der Waals surface area contributed by atoms with Crippen molar-refractivity contribution < 1.29 is 24.7 Å². The highest BCUT2D eigenvalue weighted by Crippen LogP contribution is 2.30. The van der Waals surface area contributed by atoms with Crippen molar-refractivity contribution in [1.82, 2.24) is 4.90 Å². The van der Waals surface area contributed by atoms with Gasteiger partial charge in [-0.25, -0.2) is 0 Å². The average Bonchev–Trinajstić information content (AvgIpc) is 2.89. The zero-order valence-corrected chi connectivity index (χ0v) is 13.0. The number of benzene rings is 1. The van der Waals surface area contributed by atoms with E-state index in [4.69, 9.17) is 16.3 Å². The van der Waals surface area contributed by atoms with Gasteiger partial charge in [0.25, 0.3) is 0 Å². The van der Waals surface area contributed by atoms with Gasteiger partial charge in [0.05, 0.1) is 36.7 Å². The lowest BCUT2D eigenvalue weighted by molar-refractivity contribution is -0.385. The van der Waals surface area contributed by atoms with Gasteiger partial charge in [-0.3, -0.25) is 14.9 Å². The minimum atomic E-state index is -0.644. The molecule has 1 heterocycles. The molecule has 1 fully saturated rings. The first kappa shape index (κ1) is 17.5. The second-order valence-corrected chi connectivity index (χ2v) is 5.68. The van der Waals surface area contributed by atoms with E-state index >= 15 is 0 Å². The SMILES string of the molecule is O=C(CCOc1ccc(Cl)cc1[N+](=O)[O-])N1C[C@H](O)C[C@H]1CO. The van der Waals surface area contributed by atoms with Gasteiger partial charge in [0, 0.05) is 17.6 Å². The fourth-order valence-corrected chi connectivity index (χ4v) is 2.68. The van der Waals surface area contributed by atoms with Crippen LogP contribution in [0.4, 0.5) is 5.69 Å². The van der Waals surface area contributed by atoms with Crippen LogP contribution in [0.2, 0.25) is 5.02 Å². The van der Waals surface area contributed by atoms with Crippen LogP contribution in [0, 0.1) is 10.1 Å². The number of aliphatic hydroxyl groups is 2. The first-order valence-corrected chi connectivity index (χ1v) is 7.45. The van der Waals surface area contributed by atoms with Crippen molar-refractivity contribution in [2.75, 3.05) is 19.8 Å². The maximum absolute atomic E-state index is 12.1. The highest BCUT2D eigenvalue weighted by molar-refractivity contribution is 6.30. The predicted octanol–water partition coefficient (Wildman–Crippen LogP) is 0.971. The molecule has 2 rings (SSSR count). The summed E-state index contributed by atoms with van der Waals surface area (Å²) in [6.45, 7) is -0.0937. The molecular weight excluding hydrogens is 328 g/mol. The van der Waals surface area contributed by atoms with E-state index < -0.39 is 17.1 Å². The zero-order valence-electron chi connectivity index (χ0n) is 12.2. The summed E-state index contributed by atoms with van der Waals surface area (Å²) in [5.41, 5.74) is -0.269. The van der Waals surface area contributed by atoms with E-state index in [1.165, 1.54) is 23.1 Å². The molecule has 1 saturated heterocycles. The molecule has 0 bridgehead atoms. The Morgan fingerprint density at radius 1 is 1.52 bits per heavy atom. The molecule has 0 spiro atoms. The predicted molar refractivity (Wildman–Crippen MR) is 81.4 cm³/mol. The Morgan fingerprint density at radius 3 is 2.91 bits per heavy atom. The van der Waals surface area contributed by atoms with E-state index in [-0.39, 0.29) is 48.5 Å². The number of carbonyl (C=O) groups is 1. The number of aliphatic hydroxyl groups excluding tert-OH is 2. The van der Waals surface area contributed by atoms with E-state index in [1.54, 1.807) is 0 Å². The van der Waals surface area contributed by atoms with E-state index in [2.05, 4.69) is 0 Å². The third-order valence-electron chi connectivity index (χ3n) is 3.61. The molecule has 1 aliphatic rings. The Kier molecular flexibility index (Phi) is 5.75. The minimum Gasteiger partial charge on any atom is -0.486 e. The Balaban J connectivity index is 1.92. The van der Waals surface area contributed by atoms with Crippen molar-refractivity contribution in [2.24, 2.45) is 0 Å². The van der Waals surface area contributed by atoms with E-state index in [9.17, 15) is 25.1 Å². The average molecular weight is 345 g/mol. The van der Waals surface area contributed by atoms with Gasteiger partial charge in [0.1, 0.15) is 0 Å². The minimum absolute atomic E-state index is 0.0109. The van der Waals surface area contributed by atoms with Gasteiger partial charge < -0.3 is 19.8 Å². The van der Waals surface area contributed by atoms with Gasteiger partial charge in [-0.2, -0.15) is 0 Å². The lowest BCUT2D eigenvalue weighted by Crippen LogP contribution is -2.38. The number of ether oxygens (including phenoxy) is 1. The number of nitro benzene ring substituents is 1. The molecular formula is C14H17ClN2O6. The van der Waals surface area contributed by atoms with Crippen molar-refractivity contribution in [3.63, 3.8) is 0 Å². The standard InChI is InChI=1S/C14H17ClN2O6/c15-9-1-2-13(12(5-9)17(21)22)23-4-3-14(20)16-7-11(19)6-10(16)8-18/h1-2,5,10-11,18-19H,3-4,6-8H2/t10-,11+/m0/s1. The fourth-order valence-electron chi connectivity index (χ4n) is 2.52. The molecule has 1 aliphatic heterocycles. The third-order valence-corrected chi connectivity index (χ3v) is 3.85. The highest BCUT2D eigenvalue weighted by atomic mass is 35.5. The van der Waals surface area contributed by atoms with E-state index in [1.807, 2.05) is 0 Å². The Labute approximate surface area is 137 Å².